The number of aliphatic hydroxyl groups is 1. The van der Waals surface area contributed by atoms with Crippen LogP contribution < -0.4 is 16.4 Å². The molecule has 0 atom stereocenters. The molecule has 7 N–H and O–H groups in total. The van der Waals surface area contributed by atoms with Gasteiger partial charge in [0.1, 0.15) is 11.6 Å². The molecule has 0 radical (unpaired) electrons. The molecule has 26 heavy (non-hydrogen) atoms. The van der Waals surface area contributed by atoms with Gasteiger partial charge in [-0.3, -0.25) is 10.2 Å². The second kappa shape index (κ2) is 9.86. The van der Waals surface area contributed by atoms with Crippen molar-refractivity contribution in [1.29, 1.82) is 5.41 Å². The van der Waals surface area contributed by atoms with E-state index in [1.807, 2.05) is 0 Å². The van der Waals surface area contributed by atoms with E-state index >= 15 is 0 Å². The number of carbonyl (C=O) groups excluding carboxylic acids is 1. The van der Waals surface area contributed by atoms with Crippen LogP contribution in [0.25, 0.3) is 0 Å². The summed E-state index contributed by atoms with van der Waals surface area (Å²) in [7, 11) is 0. The highest BCUT2D eigenvalue weighted by molar-refractivity contribution is 6.31. The number of nitrogens with one attached hydrogen (secondary N) is 3. The number of amides is 1. The molecule has 0 aliphatic heterocycles. The number of rotatable bonds is 7. The summed E-state index contributed by atoms with van der Waals surface area (Å²) in [6, 6.07) is 9.23. The monoisotopic (exact) mass is 398 g/mol. The van der Waals surface area contributed by atoms with E-state index in [2.05, 4.69) is 10.6 Å². The summed E-state index contributed by atoms with van der Waals surface area (Å²) in [5, 5.41) is 32.0. The lowest BCUT2D eigenvalue weighted by Gasteiger charge is -2.14. The van der Waals surface area contributed by atoms with Crippen LogP contribution in [0.3, 0.4) is 0 Å². The molecule has 2 rings (SSSR count). The van der Waals surface area contributed by atoms with Gasteiger partial charge in [-0.25, -0.2) is 0 Å². The van der Waals surface area contributed by atoms with E-state index in [1.165, 1.54) is 18.2 Å². The van der Waals surface area contributed by atoms with Gasteiger partial charge in [0.2, 0.25) is 0 Å². The molecule has 9 heteroatoms. The molecule has 0 bridgehead atoms. The number of phenolic OH excluding ortho intramolecular Hbond substituents is 1. The minimum atomic E-state index is -0.387. The van der Waals surface area contributed by atoms with Crippen molar-refractivity contribution >= 4 is 41.4 Å². The summed E-state index contributed by atoms with van der Waals surface area (Å²) >= 11 is 5.84. The normalized spacial score (nSPS) is 9.92. The van der Waals surface area contributed by atoms with Gasteiger partial charge in [-0.1, -0.05) is 23.7 Å². The Hall–Kier alpha value is -2.48. The van der Waals surface area contributed by atoms with Crippen molar-refractivity contribution in [3.05, 3.63) is 58.1 Å². The van der Waals surface area contributed by atoms with E-state index in [0.717, 1.165) is 5.56 Å². The van der Waals surface area contributed by atoms with E-state index in [0.29, 0.717) is 17.8 Å². The first-order chi connectivity index (χ1) is 11.9. The van der Waals surface area contributed by atoms with Gasteiger partial charge < -0.3 is 26.6 Å². The van der Waals surface area contributed by atoms with Crippen molar-refractivity contribution in [2.24, 2.45) is 5.73 Å². The Morgan fingerprint density at radius 1 is 1.19 bits per heavy atom. The topological polar surface area (TPSA) is 131 Å². The third kappa shape index (κ3) is 5.80. The van der Waals surface area contributed by atoms with Crippen LogP contribution in [-0.4, -0.2) is 35.1 Å². The molecular formula is C17H20Cl2N4O3. The lowest BCUT2D eigenvalue weighted by atomic mass is 10.1. The quantitative estimate of drug-likeness (QED) is 0.314. The van der Waals surface area contributed by atoms with Crippen molar-refractivity contribution < 1.29 is 15.0 Å². The van der Waals surface area contributed by atoms with Crippen LogP contribution in [0.2, 0.25) is 5.02 Å². The minimum absolute atomic E-state index is 0. The van der Waals surface area contributed by atoms with Crippen molar-refractivity contribution in [2.45, 2.75) is 6.54 Å². The number of phenols is 1. The molecule has 2 aromatic rings. The van der Waals surface area contributed by atoms with E-state index in [9.17, 15) is 9.90 Å². The number of hydrogen-bond donors (Lipinski definition) is 6. The average Bonchev–Trinajstić information content (AvgIpc) is 2.57. The first-order valence-electron chi connectivity index (χ1n) is 7.50. The Morgan fingerprint density at radius 2 is 1.92 bits per heavy atom. The maximum Gasteiger partial charge on any atom is 0.251 e. The van der Waals surface area contributed by atoms with Gasteiger partial charge in [-0.05, 0) is 29.8 Å². The molecule has 0 aliphatic rings. The predicted molar refractivity (Wildman–Crippen MR) is 105 cm³/mol. The Bertz CT molecular complexity index is 779. The van der Waals surface area contributed by atoms with Crippen LogP contribution in [0, 0.1) is 5.41 Å². The molecule has 0 spiro atoms. The second-order valence-electron chi connectivity index (χ2n) is 5.32. The first-order valence-corrected chi connectivity index (χ1v) is 7.88. The molecule has 0 saturated heterocycles. The van der Waals surface area contributed by atoms with E-state index in [-0.39, 0.29) is 53.6 Å². The third-order valence-corrected chi connectivity index (χ3v) is 3.65. The molecule has 0 saturated carbocycles. The van der Waals surface area contributed by atoms with Crippen LogP contribution in [0.4, 0.5) is 5.69 Å². The van der Waals surface area contributed by atoms with Crippen LogP contribution in [0.5, 0.6) is 5.75 Å². The van der Waals surface area contributed by atoms with Crippen molar-refractivity contribution in [3.8, 4) is 5.75 Å². The SMILES string of the molecule is Cl.N=C(N)c1ccc(CNC(=O)c2cc(O)cc(Cl)c2)c(NCCO)c1. The van der Waals surface area contributed by atoms with E-state index in [4.69, 9.17) is 27.9 Å². The molecule has 140 valence electrons. The number of carbonyl (C=O) groups is 1. The highest BCUT2D eigenvalue weighted by Crippen LogP contribution is 2.21. The summed E-state index contributed by atoms with van der Waals surface area (Å²) in [4.78, 5) is 12.2. The average molecular weight is 399 g/mol. The minimum Gasteiger partial charge on any atom is -0.508 e. The standard InChI is InChI=1S/C17H19ClN4O3.ClH/c18-13-5-12(6-14(24)8-13)17(25)22-9-11-2-1-10(16(19)20)7-15(11)21-3-4-23;/h1-2,5-8,21,23-24H,3-4,9H2,(H3,19,20)(H,22,25);1H. The predicted octanol–water partition coefficient (Wildman–Crippen LogP) is 2.09. The van der Waals surface area contributed by atoms with Crippen LogP contribution in [-0.2, 0) is 6.54 Å². The van der Waals surface area contributed by atoms with Gasteiger partial charge in [-0.15, -0.1) is 12.4 Å². The summed E-state index contributed by atoms with van der Waals surface area (Å²) in [5.41, 5.74) is 7.70. The van der Waals surface area contributed by atoms with Crippen LogP contribution >= 0.6 is 24.0 Å². The zero-order valence-electron chi connectivity index (χ0n) is 13.8. The molecule has 1 amide bonds. The van der Waals surface area contributed by atoms with Crippen molar-refractivity contribution in [1.82, 2.24) is 5.32 Å². The van der Waals surface area contributed by atoms with Crippen LogP contribution in [0.15, 0.2) is 36.4 Å². The molecule has 7 nitrogen and oxygen atoms in total. The Kier molecular flexibility index (Phi) is 8.18. The number of aromatic hydroxyl groups is 1. The summed E-state index contributed by atoms with van der Waals surface area (Å²) in [5.74, 6) is -0.549. The zero-order valence-corrected chi connectivity index (χ0v) is 15.3. The summed E-state index contributed by atoms with van der Waals surface area (Å²) < 4.78 is 0. The number of anilines is 1. The molecule has 0 aliphatic carbocycles. The molecule has 0 unspecified atom stereocenters. The highest BCUT2D eigenvalue weighted by Gasteiger charge is 2.10. The molecular weight excluding hydrogens is 379 g/mol. The highest BCUT2D eigenvalue weighted by atomic mass is 35.5. The van der Waals surface area contributed by atoms with Gasteiger partial charge in [0.15, 0.2) is 0 Å². The maximum atomic E-state index is 12.2. The number of nitrogens with two attached hydrogens (primary N) is 1. The Labute approximate surface area is 162 Å². The van der Waals surface area contributed by atoms with Gasteiger partial charge in [0.05, 0.1) is 6.61 Å². The van der Waals surface area contributed by atoms with E-state index < -0.39 is 0 Å². The lowest BCUT2D eigenvalue weighted by Crippen LogP contribution is -2.24. The van der Waals surface area contributed by atoms with Crippen LogP contribution in [0.1, 0.15) is 21.5 Å². The zero-order chi connectivity index (χ0) is 18.4. The Morgan fingerprint density at radius 3 is 2.54 bits per heavy atom. The largest absolute Gasteiger partial charge is 0.508 e. The van der Waals surface area contributed by atoms with Gasteiger partial charge in [0, 0.05) is 34.9 Å². The van der Waals surface area contributed by atoms with E-state index in [1.54, 1.807) is 18.2 Å². The second-order valence-corrected chi connectivity index (χ2v) is 5.75. The summed E-state index contributed by atoms with van der Waals surface area (Å²) in [6.45, 7) is 0.473. The Balaban J connectivity index is 0.00000338. The number of amidine groups is 1. The number of benzene rings is 2. The first kappa shape index (κ1) is 21.6. The number of hydrogen-bond acceptors (Lipinski definition) is 5. The van der Waals surface area contributed by atoms with Gasteiger partial charge in [0.25, 0.3) is 5.91 Å². The molecule has 0 heterocycles. The van der Waals surface area contributed by atoms with Gasteiger partial charge >= 0.3 is 0 Å². The molecule has 0 aromatic heterocycles. The summed E-state index contributed by atoms with van der Waals surface area (Å²) in [6.07, 6.45) is 0. The lowest BCUT2D eigenvalue weighted by molar-refractivity contribution is 0.0950. The maximum absolute atomic E-state index is 12.2. The number of aliphatic hydroxyl groups excluding tert-OH is 1. The molecule has 0 fully saturated rings. The fourth-order valence-electron chi connectivity index (χ4n) is 2.24. The van der Waals surface area contributed by atoms with Gasteiger partial charge in [-0.2, -0.15) is 0 Å². The van der Waals surface area contributed by atoms with Crippen molar-refractivity contribution in [3.63, 3.8) is 0 Å². The molecule has 2 aromatic carbocycles. The smallest absolute Gasteiger partial charge is 0.251 e. The number of nitrogen functional groups attached to an aromatic ring is 1. The third-order valence-electron chi connectivity index (χ3n) is 3.43. The fraction of sp³-hybridized carbons (Fsp3) is 0.176. The fourth-order valence-corrected chi connectivity index (χ4v) is 2.47. The van der Waals surface area contributed by atoms with Crippen molar-refractivity contribution in [2.75, 3.05) is 18.5 Å². The number of halogens is 2.